The number of aryl methyl sites for hydroxylation is 2. The fraction of sp³-hybridized carbons (Fsp3) is 0.579. The highest BCUT2D eigenvalue weighted by Crippen LogP contribution is 2.34. The van der Waals surface area contributed by atoms with Crippen LogP contribution in [0.3, 0.4) is 0 Å². The van der Waals surface area contributed by atoms with Crippen molar-refractivity contribution < 1.29 is 22.7 Å². The summed E-state index contributed by atoms with van der Waals surface area (Å²) in [5.41, 5.74) is -3.42. The number of halogens is 3. The fourth-order valence-electron chi connectivity index (χ4n) is 3.05. The lowest BCUT2D eigenvalue weighted by molar-refractivity contribution is -0.0328. The number of carbonyl (C=O) groups is 1. The SMILES string of the molecule is Cc1c(C=NNC(=O)OC(C)(C)C)sc2c1c(=O)n(C1CC1)c(=O)n2CCSC(F)(F)F. The molecule has 2 aromatic heterocycles. The Labute approximate surface area is 189 Å². The minimum absolute atomic E-state index is 0.195. The van der Waals surface area contributed by atoms with Gasteiger partial charge in [-0.05, 0) is 57.9 Å². The summed E-state index contributed by atoms with van der Waals surface area (Å²) in [6, 6.07) is -0.230. The van der Waals surface area contributed by atoms with Gasteiger partial charge in [0.25, 0.3) is 5.56 Å². The number of ether oxygens (including phenoxy) is 1. The molecule has 0 unspecified atom stereocenters. The third-order valence-electron chi connectivity index (χ3n) is 4.51. The van der Waals surface area contributed by atoms with Crippen molar-refractivity contribution in [3.05, 3.63) is 31.3 Å². The first-order valence-electron chi connectivity index (χ1n) is 9.79. The summed E-state index contributed by atoms with van der Waals surface area (Å²) >= 11 is 0.842. The zero-order valence-electron chi connectivity index (χ0n) is 17.9. The van der Waals surface area contributed by atoms with E-state index in [1.807, 2.05) is 0 Å². The van der Waals surface area contributed by atoms with Crippen LogP contribution in [-0.4, -0.2) is 38.3 Å². The van der Waals surface area contributed by atoms with Crippen LogP contribution in [0.2, 0.25) is 0 Å². The van der Waals surface area contributed by atoms with E-state index < -0.39 is 28.5 Å². The van der Waals surface area contributed by atoms with Crippen LogP contribution in [0.5, 0.6) is 0 Å². The van der Waals surface area contributed by atoms with Gasteiger partial charge in [-0.25, -0.2) is 15.0 Å². The largest absolute Gasteiger partial charge is 0.443 e. The van der Waals surface area contributed by atoms with Gasteiger partial charge in [0.15, 0.2) is 0 Å². The van der Waals surface area contributed by atoms with Gasteiger partial charge in [-0.2, -0.15) is 18.3 Å². The summed E-state index contributed by atoms with van der Waals surface area (Å²) in [5, 5.41) is 4.11. The molecule has 13 heteroatoms. The van der Waals surface area contributed by atoms with Crippen molar-refractivity contribution >= 4 is 45.6 Å². The van der Waals surface area contributed by atoms with Crippen molar-refractivity contribution in [2.45, 2.75) is 64.2 Å². The monoisotopic (exact) mass is 492 g/mol. The van der Waals surface area contributed by atoms with E-state index in [2.05, 4.69) is 10.5 Å². The third-order valence-corrected chi connectivity index (χ3v) is 6.47. The van der Waals surface area contributed by atoms with Crippen LogP contribution in [0.1, 0.15) is 50.1 Å². The van der Waals surface area contributed by atoms with Gasteiger partial charge in [-0.1, -0.05) is 0 Å². The van der Waals surface area contributed by atoms with E-state index in [4.69, 9.17) is 4.74 Å². The normalized spacial score (nSPS) is 15.0. The number of carbonyl (C=O) groups excluding carboxylic acids is 1. The number of nitrogens with one attached hydrogen (secondary N) is 1. The molecular formula is C19H23F3N4O4S2. The Morgan fingerprint density at radius 1 is 1.31 bits per heavy atom. The maximum atomic E-state index is 13.0. The Morgan fingerprint density at radius 2 is 1.97 bits per heavy atom. The molecule has 1 aliphatic rings. The van der Waals surface area contributed by atoms with Crippen LogP contribution in [-0.2, 0) is 11.3 Å². The number of nitrogens with zero attached hydrogens (tertiary/aromatic N) is 3. The molecule has 32 heavy (non-hydrogen) atoms. The number of thioether (sulfide) groups is 1. The summed E-state index contributed by atoms with van der Waals surface area (Å²) in [7, 11) is 0. The lowest BCUT2D eigenvalue weighted by atomic mass is 10.2. The highest BCUT2D eigenvalue weighted by atomic mass is 32.2. The van der Waals surface area contributed by atoms with Crippen LogP contribution >= 0.6 is 23.1 Å². The second-order valence-corrected chi connectivity index (χ2v) is 10.5. The molecule has 0 aromatic carbocycles. The van der Waals surface area contributed by atoms with Gasteiger partial charge in [0.2, 0.25) is 0 Å². The molecule has 2 aromatic rings. The van der Waals surface area contributed by atoms with Crippen molar-refractivity contribution in [1.29, 1.82) is 0 Å². The van der Waals surface area contributed by atoms with Crippen molar-refractivity contribution in [3.63, 3.8) is 0 Å². The molecule has 8 nitrogen and oxygen atoms in total. The number of thiophene rings is 1. The second kappa shape index (κ2) is 8.93. The van der Waals surface area contributed by atoms with Gasteiger partial charge in [0, 0.05) is 18.3 Å². The van der Waals surface area contributed by atoms with E-state index in [9.17, 15) is 27.6 Å². The van der Waals surface area contributed by atoms with Crippen molar-refractivity contribution in [3.8, 4) is 0 Å². The molecule has 3 rings (SSSR count). The lowest BCUT2D eigenvalue weighted by Crippen LogP contribution is -2.39. The molecule has 0 radical (unpaired) electrons. The standard InChI is InChI=1S/C19H23F3N4O4S2/c1-10-12(9-23-24-16(28)30-18(2,3)4)32-15-13(10)14(27)26(11-5-6-11)17(29)25(15)7-8-31-19(20,21)22/h9,11H,5-8H2,1-4H3,(H,24,28). The quantitative estimate of drug-likeness (QED) is 0.486. The van der Waals surface area contributed by atoms with E-state index in [-0.39, 0.29) is 40.3 Å². The summed E-state index contributed by atoms with van der Waals surface area (Å²) in [6.07, 6.45) is 1.92. The van der Waals surface area contributed by atoms with E-state index in [0.717, 1.165) is 15.9 Å². The van der Waals surface area contributed by atoms with E-state index in [1.165, 1.54) is 10.8 Å². The number of aromatic nitrogens is 2. The van der Waals surface area contributed by atoms with E-state index in [1.54, 1.807) is 27.7 Å². The van der Waals surface area contributed by atoms with Gasteiger partial charge in [0.05, 0.1) is 16.5 Å². The zero-order chi connectivity index (χ0) is 23.8. The highest BCUT2D eigenvalue weighted by molar-refractivity contribution is 8.00. The zero-order valence-corrected chi connectivity index (χ0v) is 19.5. The van der Waals surface area contributed by atoms with Crippen molar-refractivity contribution in [2.24, 2.45) is 5.10 Å². The number of fused-ring (bicyclic) bond motifs is 1. The van der Waals surface area contributed by atoms with E-state index in [0.29, 0.717) is 23.3 Å². The first-order valence-corrected chi connectivity index (χ1v) is 11.6. The molecule has 176 valence electrons. The van der Waals surface area contributed by atoms with Gasteiger partial charge >= 0.3 is 17.3 Å². The van der Waals surface area contributed by atoms with Crippen LogP contribution in [0.25, 0.3) is 10.2 Å². The number of amides is 1. The topological polar surface area (TPSA) is 94.7 Å². The lowest BCUT2D eigenvalue weighted by Gasteiger charge is -2.18. The van der Waals surface area contributed by atoms with Crippen LogP contribution in [0, 0.1) is 6.92 Å². The summed E-state index contributed by atoms with van der Waals surface area (Å²) < 4.78 is 45.2. The molecule has 1 saturated carbocycles. The molecule has 1 amide bonds. The fourth-order valence-corrected chi connectivity index (χ4v) is 4.75. The summed E-state index contributed by atoms with van der Waals surface area (Å²) in [6.45, 7) is 6.58. The van der Waals surface area contributed by atoms with E-state index >= 15 is 0 Å². The number of rotatable bonds is 6. The third kappa shape index (κ3) is 5.74. The molecular weight excluding hydrogens is 469 g/mol. The number of alkyl halides is 3. The molecule has 1 fully saturated rings. The predicted octanol–water partition coefficient (Wildman–Crippen LogP) is 3.98. The average molecular weight is 493 g/mol. The molecule has 0 spiro atoms. The Morgan fingerprint density at radius 3 is 2.53 bits per heavy atom. The Kier molecular flexibility index (Phi) is 6.80. The Balaban J connectivity index is 1.98. The summed E-state index contributed by atoms with van der Waals surface area (Å²) in [5.74, 6) is -0.359. The number of hydrogen-bond acceptors (Lipinski definition) is 7. The Bertz CT molecular complexity index is 1170. The molecule has 0 atom stereocenters. The van der Waals surface area contributed by atoms with Crippen molar-refractivity contribution in [1.82, 2.24) is 14.6 Å². The molecule has 0 saturated heterocycles. The molecule has 1 N–H and O–H groups in total. The first kappa shape index (κ1) is 24.4. The minimum Gasteiger partial charge on any atom is -0.443 e. The number of hydrazone groups is 1. The molecule has 2 heterocycles. The van der Waals surface area contributed by atoms with Gasteiger partial charge in [-0.3, -0.25) is 13.9 Å². The average Bonchev–Trinajstić information content (AvgIpc) is 3.40. The van der Waals surface area contributed by atoms with Gasteiger partial charge < -0.3 is 4.74 Å². The molecule has 0 aliphatic heterocycles. The smallest absolute Gasteiger partial charge is 0.441 e. The highest BCUT2D eigenvalue weighted by Gasteiger charge is 2.31. The van der Waals surface area contributed by atoms with Crippen molar-refractivity contribution in [2.75, 3.05) is 5.75 Å². The van der Waals surface area contributed by atoms with Crippen LogP contribution < -0.4 is 16.7 Å². The molecule has 0 bridgehead atoms. The predicted molar refractivity (Wildman–Crippen MR) is 119 cm³/mol. The van der Waals surface area contributed by atoms with Gasteiger partial charge in [-0.15, -0.1) is 11.3 Å². The van der Waals surface area contributed by atoms with Gasteiger partial charge in [0.1, 0.15) is 10.4 Å². The minimum atomic E-state index is -4.41. The maximum Gasteiger partial charge on any atom is 0.441 e. The maximum absolute atomic E-state index is 13.0. The van der Waals surface area contributed by atoms with Crippen LogP contribution in [0.15, 0.2) is 14.7 Å². The molecule has 1 aliphatic carbocycles. The second-order valence-electron chi connectivity index (χ2n) is 8.28. The number of hydrogen-bond donors (Lipinski definition) is 1. The van der Waals surface area contributed by atoms with Crippen LogP contribution in [0.4, 0.5) is 18.0 Å². The Hall–Kier alpha value is -2.28. The first-order chi connectivity index (χ1) is 14.8. The summed E-state index contributed by atoms with van der Waals surface area (Å²) in [4.78, 5) is 38.5.